The average molecular weight is 234 g/mol. The van der Waals surface area contributed by atoms with Gasteiger partial charge in [-0.1, -0.05) is 0 Å². The van der Waals surface area contributed by atoms with Crippen LogP contribution in [0.2, 0.25) is 0 Å². The molecule has 0 saturated heterocycles. The third-order valence-corrected chi connectivity index (χ3v) is 2.30. The van der Waals surface area contributed by atoms with Gasteiger partial charge >= 0.3 is 0 Å². The van der Waals surface area contributed by atoms with Crippen LogP contribution in [0.5, 0.6) is 0 Å². The topological polar surface area (TPSA) is 84.5 Å². The Morgan fingerprint density at radius 1 is 1.29 bits per heavy atom. The van der Waals surface area contributed by atoms with Gasteiger partial charge in [-0.2, -0.15) is 0 Å². The zero-order valence-corrected chi connectivity index (χ0v) is 9.07. The van der Waals surface area contributed by atoms with Gasteiger partial charge < -0.3 is 10.1 Å². The van der Waals surface area contributed by atoms with Gasteiger partial charge in [-0.15, -0.1) is 0 Å². The molecule has 6 heteroatoms. The molecule has 0 radical (unpaired) electrons. The standard InChI is InChI=1S/C11H10N2O4/c1-17-5-9(14)12-6-2-3-7-8(4-6)11(16)13-10(7)15/h2-4H,5H2,1H3,(H,12,14)(H,13,15,16). The molecular weight excluding hydrogens is 224 g/mol. The molecule has 1 aromatic rings. The molecule has 0 aliphatic carbocycles. The Labute approximate surface area is 96.9 Å². The minimum atomic E-state index is -0.451. The van der Waals surface area contributed by atoms with E-state index in [9.17, 15) is 14.4 Å². The highest BCUT2D eigenvalue weighted by atomic mass is 16.5. The second kappa shape index (κ2) is 4.34. The molecule has 0 spiro atoms. The smallest absolute Gasteiger partial charge is 0.259 e. The zero-order valence-electron chi connectivity index (χ0n) is 9.07. The first kappa shape index (κ1) is 11.3. The van der Waals surface area contributed by atoms with Gasteiger partial charge in [0.2, 0.25) is 5.91 Å². The molecule has 6 nitrogen and oxygen atoms in total. The normalized spacial score (nSPS) is 13.2. The number of hydrogen-bond acceptors (Lipinski definition) is 4. The van der Waals surface area contributed by atoms with E-state index in [4.69, 9.17) is 0 Å². The van der Waals surface area contributed by atoms with Crippen molar-refractivity contribution in [1.29, 1.82) is 0 Å². The molecule has 0 fully saturated rings. The first-order valence-electron chi connectivity index (χ1n) is 4.90. The fourth-order valence-corrected chi connectivity index (χ4v) is 1.57. The summed E-state index contributed by atoms with van der Waals surface area (Å²) in [5, 5.41) is 4.73. The van der Waals surface area contributed by atoms with E-state index < -0.39 is 11.8 Å². The maximum atomic E-state index is 11.4. The van der Waals surface area contributed by atoms with Crippen molar-refractivity contribution in [2.24, 2.45) is 0 Å². The molecule has 0 unspecified atom stereocenters. The summed E-state index contributed by atoms with van der Waals surface area (Å²) in [6.07, 6.45) is 0. The van der Waals surface area contributed by atoms with Crippen LogP contribution in [0.1, 0.15) is 20.7 Å². The van der Waals surface area contributed by atoms with Crippen molar-refractivity contribution in [3.8, 4) is 0 Å². The molecule has 1 aliphatic heterocycles. The van der Waals surface area contributed by atoms with Crippen LogP contribution in [-0.4, -0.2) is 31.4 Å². The minimum absolute atomic E-state index is 0.0673. The van der Waals surface area contributed by atoms with Gasteiger partial charge in [-0.3, -0.25) is 19.7 Å². The number of hydrogen-bond donors (Lipinski definition) is 2. The van der Waals surface area contributed by atoms with Gasteiger partial charge in [0, 0.05) is 12.8 Å². The average Bonchev–Trinajstić information content (AvgIpc) is 2.55. The molecule has 0 saturated carbocycles. The van der Waals surface area contributed by atoms with Crippen molar-refractivity contribution < 1.29 is 19.1 Å². The Bertz CT molecular complexity index is 510. The van der Waals surface area contributed by atoms with E-state index in [1.165, 1.54) is 19.2 Å². The number of benzene rings is 1. The van der Waals surface area contributed by atoms with Crippen molar-refractivity contribution >= 4 is 23.4 Å². The predicted octanol–water partition coefficient (Wildman–Crippen LogP) is 0.155. The molecule has 0 bridgehead atoms. The van der Waals surface area contributed by atoms with Gasteiger partial charge in [-0.05, 0) is 18.2 Å². The Balaban J connectivity index is 2.23. The number of methoxy groups -OCH3 is 1. The van der Waals surface area contributed by atoms with E-state index in [1.807, 2.05) is 0 Å². The number of carbonyl (C=O) groups excluding carboxylic acids is 3. The van der Waals surface area contributed by atoms with Crippen LogP contribution in [0, 0.1) is 0 Å². The van der Waals surface area contributed by atoms with Crippen molar-refractivity contribution in [3.05, 3.63) is 29.3 Å². The van der Waals surface area contributed by atoms with Crippen LogP contribution in [0.3, 0.4) is 0 Å². The number of fused-ring (bicyclic) bond motifs is 1. The largest absolute Gasteiger partial charge is 0.375 e. The van der Waals surface area contributed by atoms with E-state index in [1.54, 1.807) is 6.07 Å². The first-order chi connectivity index (χ1) is 8.11. The van der Waals surface area contributed by atoms with Crippen molar-refractivity contribution in [3.63, 3.8) is 0 Å². The quantitative estimate of drug-likeness (QED) is 0.729. The fraction of sp³-hybridized carbons (Fsp3) is 0.182. The molecule has 0 aromatic heterocycles. The maximum absolute atomic E-state index is 11.4. The number of amides is 3. The SMILES string of the molecule is COCC(=O)Nc1ccc2c(c1)C(=O)NC2=O. The second-order valence-corrected chi connectivity index (χ2v) is 3.52. The molecule has 0 atom stereocenters. The Morgan fingerprint density at radius 2 is 2.00 bits per heavy atom. The number of anilines is 1. The van der Waals surface area contributed by atoms with Gasteiger partial charge in [0.05, 0.1) is 11.1 Å². The Morgan fingerprint density at radius 3 is 2.71 bits per heavy atom. The lowest BCUT2D eigenvalue weighted by atomic mass is 10.1. The monoisotopic (exact) mass is 234 g/mol. The van der Waals surface area contributed by atoms with Crippen LogP contribution in [-0.2, 0) is 9.53 Å². The molecule has 88 valence electrons. The highest BCUT2D eigenvalue weighted by molar-refractivity contribution is 6.22. The number of carbonyl (C=O) groups is 3. The summed E-state index contributed by atoms with van der Waals surface area (Å²) in [4.78, 5) is 33.9. The number of ether oxygens (including phenoxy) is 1. The lowest BCUT2D eigenvalue weighted by Gasteiger charge is -2.05. The number of nitrogens with one attached hydrogen (secondary N) is 2. The maximum Gasteiger partial charge on any atom is 0.259 e. The van der Waals surface area contributed by atoms with E-state index in [0.29, 0.717) is 11.3 Å². The Hall–Kier alpha value is -2.21. The number of imide groups is 1. The van der Waals surface area contributed by atoms with E-state index in [2.05, 4.69) is 15.4 Å². The summed E-state index contributed by atoms with van der Waals surface area (Å²) in [6.45, 7) is -0.0673. The molecule has 17 heavy (non-hydrogen) atoms. The summed E-state index contributed by atoms with van der Waals surface area (Å²) >= 11 is 0. The predicted molar refractivity (Wildman–Crippen MR) is 58.7 cm³/mol. The lowest BCUT2D eigenvalue weighted by Crippen LogP contribution is -2.20. The van der Waals surface area contributed by atoms with E-state index in [-0.39, 0.29) is 18.1 Å². The van der Waals surface area contributed by atoms with E-state index >= 15 is 0 Å². The molecule has 1 aliphatic rings. The highest BCUT2D eigenvalue weighted by Crippen LogP contribution is 2.20. The first-order valence-corrected chi connectivity index (χ1v) is 4.90. The number of rotatable bonds is 3. The molecule has 2 rings (SSSR count). The van der Waals surface area contributed by atoms with Crippen molar-refractivity contribution in [2.45, 2.75) is 0 Å². The van der Waals surface area contributed by atoms with Crippen LogP contribution < -0.4 is 10.6 Å². The lowest BCUT2D eigenvalue weighted by molar-refractivity contribution is -0.119. The summed E-state index contributed by atoms with van der Waals surface area (Å²) in [5.74, 6) is -1.19. The van der Waals surface area contributed by atoms with Gasteiger partial charge in [0.1, 0.15) is 6.61 Å². The van der Waals surface area contributed by atoms with Crippen molar-refractivity contribution in [1.82, 2.24) is 5.32 Å². The van der Waals surface area contributed by atoms with Crippen molar-refractivity contribution in [2.75, 3.05) is 19.0 Å². The highest BCUT2D eigenvalue weighted by Gasteiger charge is 2.26. The summed E-state index contributed by atoms with van der Waals surface area (Å²) in [7, 11) is 1.41. The van der Waals surface area contributed by atoms with Gasteiger partial charge in [-0.25, -0.2) is 0 Å². The minimum Gasteiger partial charge on any atom is -0.375 e. The third-order valence-electron chi connectivity index (χ3n) is 2.30. The molecule has 2 N–H and O–H groups in total. The van der Waals surface area contributed by atoms with Crippen LogP contribution in [0.15, 0.2) is 18.2 Å². The van der Waals surface area contributed by atoms with Gasteiger partial charge in [0.15, 0.2) is 0 Å². The molecule has 3 amide bonds. The Kier molecular flexibility index (Phi) is 2.88. The summed E-state index contributed by atoms with van der Waals surface area (Å²) in [5.41, 5.74) is 1.04. The van der Waals surface area contributed by atoms with Crippen LogP contribution >= 0.6 is 0 Å². The third kappa shape index (κ3) is 2.16. The fourth-order valence-electron chi connectivity index (χ4n) is 1.57. The van der Waals surface area contributed by atoms with Gasteiger partial charge in [0.25, 0.3) is 11.8 Å². The zero-order chi connectivity index (χ0) is 12.4. The van der Waals surface area contributed by atoms with E-state index in [0.717, 1.165) is 0 Å². The van der Waals surface area contributed by atoms with Crippen LogP contribution in [0.4, 0.5) is 5.69 Å². The molecule has 1 heterocycles. The van der Waals surface area contributed by atoms with Crippen LogP contribution in [0.25, 0.3) is 0 Å². The molecular formula is C11H10N2O4. The summed E-state index contributed by atoms with van der Waals surface area (Å²) < 4.78 is 4.66. The summed E-state index contributed by atoms with van der Waals surface area (Å²) in [6, 6.07) is 4.52. The molecule has 1 aromatic carbocycles. The second-order valence-electron chi connectivity index (χ2n) is 3.52.